The van der Waals surface area contributed by atoms with Crippen LogP contribution in [-0.2, 0) is 4.74 Å². The quantitative estimate of drug-likeness (QED) is 0.742. The molecular formula is C14H14F3NO2. The van der Waals surface area contributed by atoms with Crippen LogP contribution in [0.3, 0.4) is 0 Å². The van der Waals surface area contributed by atoms with E-state index in [1.54, 1.807) is 4.90 Å². The lowest BCUT2D eigenvalue weighted by Crippen LogP contribution is -2.51. The summed E-state index contributed by atoms with van der Waals surface area (Å²) in [6.07, 6.45) is 2.68. The fraction of sp³-hybridized carbons (Fsp3) is 0.500. The van der Waals surface area contributed by atoms with E-state index in [2.05, 4.69) is 0 Å². The number of fused-ring (bicyclic) bond motifs is 1. The van der Waals surface area contributed by atoms with Crippen LogP contribution in [0.25, 0.3) is 0 Å². The van der Waals surface area contributed by atoms with Crippen LogP contribution in [0.2, 0.25) is 0 Å². The molecule has 0 N–H and O–H groups in total. The highest BCUT2D eigenvalue weighted by atomic mass is 19.2. The molecule has 20 heavy (non-hydrogen) atoms. The first-order valence-electron chi connectivity index (χ1n) is 6.65. The maximum Gasteiger partial charge on any atom is 0.254 e. The molecule has 0 aromatic heterocycles. The van der Waals surface area contributed by atoms with Gasteiger partial charge in [0.1, 0.15) is 0 Å². The van der Waals surface area contributed by atoms with Gasteiger partial charge < -0.3 is 9.64 Å². The van der Waals surface area contributed by atoms with Gasteiger partial charge in [-0.05, 0) is 31.4 Å². The molecule has 1 saturated carbocycles. The van der Waals surface area contributed by atoms with Gasteiger partial charge in [-0.3, -0.25) is 4.79 Å². The molecule has 0 radical (unpaired) electrons. The van der Waals surface area contributed by atoms with E-state index in [-0.39, 0.29) is 17.7 Å². The van der Waals surface area contributed by atoms with Crippen molar-refractivity contribution in [2.45, 2.75) is 31.4 Å². The minimum Gasteiger partial charge on any atom is -0.374 e. The predicted molar refractivity (Wildman–Crippen MR) is 64.7 cm³/mol. The Morgan fingerprint density at radius 3 is 2.60 bits per heavy atom. The second kappa shape index (κ2) is 5.09. The molecule has 1 aromatic rings. The first-order valence-corrected chi connectivity index (χ1v) is 6.65. The minimum absolute atomic E-state index is 0.00263. The topological polar surface area (TPSA) is 29.5 Å². The molecule has 6 heteroatoms. The Bertz CT molecular complexity index is 526. The molecule has 108 valence electrons. The summed E-state index contributed by atoms with van der Waals surface area (Å²) in [6.45, 7) is 0.805. The van der Waals surface area contributed by atoms with Crippen molar-refractivity contribution in [2.24, 2.45) is 0 Å². The van der Waals surface area contributed by atoms with Crippen LogP contribution in [0.15, 0.2) is 12.1 Å². The molecule has 1 aromatic carbocycles. The largest absolute Gasteiger partial charge is 0.374 e. The first-order chi connectivity index (χ1) is 9.58. The molecule has 1 aliphatic carbocycles. The molecule has 1 aliphatic heterocycles. The van der Waals surface area contributed by atoms with Gasteiger partial charge in [0, 0.05) is 12.1 Å². The summed E-state index contributed by atoms with van der Waals surface area (Å²) < 4.78 is 45.0. The standard InChI is InChI=1S/C14H14F3NO2/c15-9-6-8(7-10(16)13(9)17)14(19)18-4-5-20-12-3-1-2-11(12)18/h6-7,11-12H,1-5H2. The number of nitrogens with zero attached hydrogens (tertiary/aromatic N) is 1. The summed E-state index contributed by atoms with van der Waals surface area (Å²) in [5, 5.41) is 0. The van der Waals surface area contributed by atoms with Crippen molar-refractivity contribution in [1.82, 2.24) is 4.90 Å². The number of benzene rings is 1. The molecule has 0 spiro atoms. The number of hydrogen-bond acceptors (Lipinski definition) is 2. The van der Waals surface area contributed by atoms with Gasteiger partial charge in [-0.2, -0.15) is 0 Å². The fourth-order valence-corrected chi connectivity index (χ4v) is 3.02. The second-order valence-electron chi connectivity index (χ2n) is 5.16. The van der Waals surface area contributed by atoms with Crippen molar-refractivity contribution >= 4 is 5.91 Å². The molecule has 1 saturated heterocycles. The lowest BCUT2D eigenvalue weighted by atomic mass is 10.1. The third-order valence-electron chi connectivity index (χ3n) is 3.97. The average molecular weight is 285 g/mol. The Hall–Kier alpha value is -1.56. The van der Waals surface area contributed by atoms with Gasteiger partial charge in [0.25, 0.3) is 5.91 Å². The summed E-state index contributed by atoms with van der Waals surface area (Å²) in [7, 11) is 0. The summed E-state index contributed by atoms with van der Waals surface area (Å²) in [5.41, 5.74) is -0.158. The molecule has 3 rings (SSSR count). The zero-order chi connectivity index (χ0) is 14.3. The van der Waals surface area contributed by atoms with E-state index >= 15 is 0 Å². The van der Waals surface area contributed by atoms with Crippen LogP contribution < -0.4 is 0 Å². The molecule has 1 heterocycles. The van der Waals surface area contributed by atoms with Crippen molar-refractivity contribution in [3.63, 3.8) is 0 Å². The van der Waals surface area contributed by atoms with E-state index < -0.39 is 23.4 Å². The first kappa shape index (κ1) is 13.4. The molecule has 2 unspecified atom stereocenters. The lowest BCUT2D eigenvalue weighted by Gasteiger charge is -2.37. The number of carbonyl (C=O) groups is 1. The van der Waals surface area contributed by atoms with Gasteiger partial charge in [-0.15, -0.1) is 0 Å². The van der Waals surface area contributed by atoms with Crippen molar-refractivity contribution < 1.29 is 22.7 Å². The normalized spacial score (nSPS) is 25.6. The summed E-state index contributed by atoms with van der Waals surface area (Å²) in [4.78, 5) is 14.0. The maximum absolute atomic E-state index is 13.2. The van der Waals surface area contributed by atoms with Crippen molar-refractivity contribution in [3.05, 3.63) is 35.1 Å². The van der Waals surface area contributed by atoms with E-state index in [0.29, 0.717) is 13.2 Å². The van der Waals surface area contributed by atoms with Crippen molar-refractivity contribution in [1.29, 1.82) is 0 Å². The van der Waals surface area contributed by atoms with Crippen LogP contribution in [-0.4, -0.2) is 36.1 Å². The summed E-state index contributed by atoms with van der Waals surface area (Å²) in [6, 6.07) is 1.45. The molecule has 3 nitrogen and oxygen atoms in total. The van der Waals surface area contributed by atoms with Gasteiger partial charge in [-0.1, -0.05) is 0 Å². The maximum atomic E-state index is 13.2. The smallest absolute Gasteiger partial charge is 0.254 e. The lowest BCUT2D eigenvalue weighted by molar-refractivity contribution is -0.0445. The monoisotopic (exact) mass is 285 g/mol. The van der Waals surface area contributed by atoms with E-state index in [1.165, 1.54) is 0 Å². The Morgan fingerprint density at radius 2 is 1.90 bits per heavy atom. The van der Waals surface area contributed by atoms with Crippen molar-refractivity contribution in [2.75, 3.05) is 13.2 Å². The van der Waals surface area contributed by atoms with Gasteiger partial charge >= 0.3 is 0 Å². The molecule has 1 amide bonds. The van der Waals surface area contributed by atoms with Gasteiger partial charge in [0.15, 0.2) is 17.5 Å². The highest BCUT2D eigenvalue weighted by Crippen LogP contribution is 2.30. The number of amides is 1. The highest BCUT2D eigenvalue weighted by Gasteiger charge is 2.38. The van der Waals surface area contributed by atoms with Crippen LogP contribution in [0, 0.1) is 17.5 Å². The van der Waals surface area contributed by atoms with Crippen LogP contribution in [0.1, 0.15) is 29.6 Å². The number of morpholine rings is 1. The molecule has 2 aliphatic rings. The molecule has 0 bridgehead atoms. The predicted octanol–water partition coefficient (Wildman–Crippen LogP) is 2.50. The summed E-state index contributed by atoms with van der Waals surface area (Å²) in [5.74, 6) is -4.71. The number of carbonyl (C=O) groups excluding carboxylic acids is 1. The zero-order valence-corrected chi connectivity index (χ0v) is 10.7. The van der Waals surface area contributed by atoms with Gasteiger partial charge in [-0.25, -0.2) is 13.2 Å². The van der Waals surface area contributed by atoms with Gasteiger partial charge in [0.2, 0.25) is 0 Å². The van der Waals surface area contributed by atoms with Crippen LogP contribution in [0.5, 0.6) is 0 Å². The Balaban J connectivity index is 1.88. The van der Waals surface area contributed by atoms with Crippen LogP contribution in [0.4, 0.5) is 13.2 Å². The number of ether oxygens (including phenoxy) is 1. The molecule has 2 atom stereocenters. The number of halogens is 3. The van der Waals surface area contributed by atoms with E-state index in [4.69, 9.17) is 4.74 Å². The minimum atomic E-state index is -1.55. The Labute approximate surface area is 114 Å². The summed E-state index contributed by atoms with van der Waals surface area (Å²) >= 11 is 0. The van der Waals surface area contributed by atoms with E-state index in [0.717, 1.165) is 31.4 Å². The van der Waals surface area contributed by atoms with E-state index in [1.807, 2.05) is 0 Å². The average Bonchev–Trinajstić information content (AvgIpc) is 2.91. The zero-order valence-electron chi connectivity index (χ0n) is 10.7. The fourth-order valence-electron chi connectivity index (χ4n) is 3.02. The highest BCUT2D eigenvalue weighted by molar-refractivity contribution is 5.94. The number of hydrogen-bond donors (Lipinski definition) is 0. The molecular weight excluding hydrogens is 271 g/mol. The van der Waals surface area contributed by atoms with Crippen molar-refractivity contribution in [3.8, 4) is 0 Å². The van der Waals surface area contributed by atoms with Crippen LogP contribution >= 0.6 is 0 Å². The third-order valence-corrected chi connectivity index (χ3v) is 3.97. The number of rotatable bonds is 1. The van der Waals surface area contributed by atoms with Gasteiger partial charge in [0.05, 0.1) is 18.8 Å². The molecule has 2 fully saturated rings. The third kappa shape index (κ3) is 2.18. The Morgan fingerprint density at radius 1 is 1.20 bits per heavy atom. The Kier molecular flexibility index (Phi) is 3.41. The van der Waals surface area contributed by atoms with E-state index in [9.17, 15) is 18.0 Å². The second-order valence-corrected chi connectivity index (χ2v) is 5.16. The SMILES string of the molecule is O=C(c1cc(F)c(F)c(F)c1)N1CCOC2CCCC21.